The maximum absolute atomic E-state index is 13.8. The molecule has 0 unspecified atom stereocenters. The molecule has 132 valence electrons. The van der Waals surface area contributed by atoms with Gasteiger partial charge in [-0.15, -0.1) is 0 Å². The van der Waals surface area contributed by atoms with E-state index in [1.165, 1.54) is 19.2 Å². The van der Waals surface area contributed by atoms with Crippen molar-refractivity contribution in [3.8, 4) is 0 Å². The second-order valence-electron chi connectivity index (χ2n) is 5.58. The van der Waals surface area contributed by atoms with Gasteiger partial charge in [0.1, 0.15) is 5.82 Å². The number of piperazine rings is 1. The maximum atomic E-state index is 13.8. The van der Waals surface area contributed by atoms with Crippen LogP contribution in [-0.2, 0) is 4.79 Å². The molecule has 3 rings (SSSR count). The Morgan fingerprint density at radius 1 is 1.08 bits per heavy atom. The summed E-state index contributed by atoms with van der Waals surface area (Å²) >= 11 is 0. The van der Waals surface area contributed by atoms with Crippen LogP contribution in [0, 0.1) is 17.5 Å². The number of carbonyl (C=O) groups excluding carboxylic acids is 1. The van der Waals surface area contributed by atoms with Crippen LogP contribution >= 0.6 is 0 Å². The summed E-state index contributed by atoms with van der Waals surface area (Å²) in [5, 5.41) is 2.62. The molecule has 1 saturated heterocycles. The first kappa shape index (κ1) is 17.0. The van der Waals surface area contributed by atoms with E-state index in [2.05, 4.69) is 15.3 Å². The van der Waals surface area contributed by atoms with Crippen molar-refractivity contribution in [2.45, 2.75) is 6.92 Å². The van der Waals surface area contributed by atoms with Gasteiger partial charge >= 0.3 is 0 Å². The van der Waals surface area contributed by atoms with Gasteiger partial charge in [0.2, 0.25) is 11.9 Å². The molecule has 1 amide bonds. The average Bonchev–Trinajstić information content (AvgIpc) is 2.62. The van der Waals surface area contributed by atoms with Gasteiger partial charge in [-0.3, -0.25) is 4.79 Å². The molecule has 1 aromatic heterocycles. The Hall–Kier alpha value is -2.84. The van der Waals surface area contributed by atoms with Gasteiger partial charge in [-0.1, -0.05) is 0 Å². The molecule has 0 radical (unpaired) electrons. The minimum atomic E-state index is -1.54. The second kappa shape index (κ2) is 6.96. The fourth-order valence-electron chi connectivity index (χ4n) is 2.55. The molecule has 9 heteroatoms. The lowest BCUT2D eigenvalue weighted by Gasteiger charge is -2.34. The van der Waals surface area contributed by atoms with Gasteiger partial charge in [0.05, 0.1) is 5.69 Å². The highest BCUT2D eigenvalue weighted by Gasteiger charge is 2.21. The standard InChI is InChI=1S/C16H16F3N5O/c1-10(25)23-6-8-24(9-7-23)16-20-5-4-13(22-16)21-12-3-2-11(17)14(18)15(12)19/h2-5H,6-9H2,1H3,(H,20,21,22). The number of nitrogens with zero attached hydrogens (tertiary/aromatic N) is 4. The third-order valence-electron chi connectivity index (χ3n) is 3.95. The van der Waals surface area contributed by atoms with Crippen LogP contribution in [0.3, 0.4) is 0 Å². The highest BCUT2D eigenvalue weighted by molar-refractivity contribution is 5.73. The van der Waals surface area contributed by atoms with Gasteiger partial charge < -0.3 is 15.1 Å². The summed E-state index contributed by atoms with van der Waals surface area (Å²) in [6.45, 7) is 3.79. The lowest BCUT2D eigenvalue weighted by molar-refractivity contribution is -0.129. The Labute approximate surface area is 142 Å². The van der Waals surface area contributed by atoms with Crippen LogP contribution in [0.5, 0.6) is 0 Å². The molecule has 25 heavy (non-hydrogen) atoms. The van der Waals surface area contributed by atoms with Crippen molar-refractivity contribution in [2.75, 3.05) is 36.4 Å². The largest absolute Gasteiger partial charge is 0.339 e. The third-order valence-corrected chi connectivity index (χ3v) is 3.95. The van der Waals surface area contributed by atoms with Crippen LogP contribution in [0.2, 0.25) is 0 Å². The average molecular weight is 351 g/mol. The van der Waals surface area contributed by atoms with Gasteiger partial charge in [0.25, 0.3) is 0 Å². The van der Waals surface area contributed by atoms with Crippen LogP contribution in [0.15, 0.2) is 24.4 Å². The van der Waals surface area contributed by atoms with Gasteiger partial charge in [-0.05, 0) is 18.2 Å². The molecule has 6 nitrogen and oxygen atoms in total. The predicted molar refractivity (Wildman–Crippen MR) is 86.1 cm³/mol. The van der Waals surface area contributed by atoms with Crippen LogP contribution in [0.4, 0.5) is 30.6 Å². The van der Waals surface area contributed by atoms with E-state index in [9.17, 15) is 18.0 Å². The Morgan fingerprint density at radius 3 is 2.48 bits per heavy atom. The predicted octanol–water partition coefficient (Wildman–Crippen LogP) is 2.31. The second-order valence-corrected chi connectivity index (χ2v) is 5.58. The molecule has 1 fully saturated rings. The summed E-state index contributed by atoms with van der Waals surface area (Å²) in [5.74, 6) is -3.42. The monoisotopic (exact) mass is 351 g/mol. The number of benzene rings is 1. The van der Waals surface area contributed by atoms with Crippen molar-refractivity contribution in [1.82, 2.24) is 14.9 Å². The van der Waals surface area contributed by atoms with Gasteiger partial charge in [0, 0.05) is 39.3 Å². The number of carbonyl (C=O) groups is 1. The van der Waals surface area contributed by atoms with Crippen molar-refractivity contribution < 1.29 is 18.0 Å². The van der Waals surface area contributed by atoms with E-state index < -0.39 is 17.5 Å². The number of hydrogen-bond donors (Lipinski definition) is 1. The first-order valence-corrected chi connectivity index (χ1v) is 7.69. The molecule has 1 aromatic carbocycles. The van der Waals surface area contributed by atoms with Gasteiger partial charge in [-0.25, -0.2) is 18.2 Å². The van der Waals surface area contributed by atoms with Crippen LogP contribution in [0.25, 0.3) is 0 Å². The van der Waals surface area contributed by atoms with E-state index in [0.717, 1.165) is 12.1 Å². The molecular weight excluding hydrogens is 335 g/mol. The maximum Gasteiger partial charge on any atom is 0.227 e. The smallest absolute Gasteiger partial charge is 0.227 e. The Kier molecular flexibility index (Phi) is 4.73. The molecule has 0 aliphatic carbocycles. The molecule has 2 aromatic rings. The number of anilines is 3. The summed E-state index contributed by atoms with van der Waals surface area (Å²) < 4.78 is 40.0. The molecule has 2 heterocycles. The molecule has 0 bridgehead atoms. The summed E-state index contributed by atoms with van der Waals surface area (Å²) in [6, 6.07) is 3.43. The normalized spacial score (nSPS) is 14.6. The van der Waals surface area contributed by atoms with Gasteiger partial charge in [0.15, 0.2) is 17.5 Å². The minimum absolute atomic E-state index is 0.0183. The summed E-state index contributed by atoms with van der Waals surface area (Å²) in [4.78, 5) is 23.4. The van der Waals surface area contributed by atoms with Crippen molar-refractivity contribution in [3.05, 3.63) is 41.8 Å². The van der Waals surface area contributed by atoms with E-state index >= 15 is 0 Å². The molecule has 0 atom stereocenters. The summed E-state index contributed by atoms with van der Waals surface area (Å²) in [7, 11) is 0. The Bertz CT molecular complexity index is 793. The fourth-order valence-corrected chi connectivity index (χ4v) is 2.55. The topological polar surface area (TPSA) is 61.4 Å². The number of hydrogen-bond acceptors (Lipinski definition) is 5. The lowest BCUT2D eigenvalue weighted by atomic mass is 10.3. The first-order valence-electron chi connectivity index (χ1n) is 7.69. The van der Waals surface area contributed by atoms with Crippen molar-refractivity contribution in [3.63, 3.8) is 0 Å². The fraction of sp³-hybridized carbons (Fsp3) is 0.312. The molecule has 1 aliphatic heterocycles. The number of aromatic nitrogens is 2. The highest BCUT2D eigenvalue weighted by Crippen LogP contribution is 2.23. The number of halogens is 3. The lowest BCUT2D eigenvalue weighted by Crippen LogP contribution is -2.48. The quantitative estimate of drug-likeness (QED) is 0.860. The molecular formula is C16H16F3N5O. The van der Waals surface area contributed by atoms with Crippen LogP contribution < -0.4 is 10.2 Å². The Balaban J connectivity index is 1.74. The zero-order chi connectivity index (χ0) is 18.0. The first-order chi connectivity index (χ1) is 12.0. The molecule has 1 N–H and O–H groups in total. The molecule has 1 aliphatic rings. The van der Waals surface area contributed by atoms with Crippen LogP contribution in [-0.4, -0.2) is 47.0 Å². The van der Waals surface area contributed by atoms with Crippen LogP contribution in [0.1, 0.15) is 6.92 Å². The molecule has 0 saturated carbocycles. The number of nitrogens with one attached hydrogen (secondary N) is 1. The van der Waals surface area contributed by atoms with E-state index in [1.807, 2.05) is 4.90 Å². The van der Waals surface area contributed by atoms with E-state index in [4.69, 9.17) is 0 Å². The van der Waals surface area contributed by atoms with Crippen molar-refractivity contribution in [1.29, 1.82) is 0 Å². The summed E-state index contributed by atoms with van der Waals surface area (Å²) in [5.41, 5.74) is -0.218. The zero-order valence-electron chi connectivity index (χ0n) is 13.5. The third kappa shape index (κ3) is 3.65. The van der Waals surface area contributed by atoms with E-state index in [-0.39, 0.29) is 17.4 Å². The van der Waals surface area contributed by atoms with Crippen molar-refractivity contribution >= 4 is 23.4 Å². The Morgan fingerprint density at radius 2 is 1.80 bits per heavy atom. The van der Waals surface area contributed by atoms with Crippen molar-refractivity contribution in [2.24, 2.45) is 0 Å². The number of rotatable bonds is 3. The van der Waals surface area contributed by atoms with E-state index in [0.29, 0.717) is 32.1 Å². The zero-order valence-corrected chi connectivity index (χ0v) is 13.5. The highest BCUT2D eigenvalue weighted by atomic mass is 19.2. The molecule has 0 spiro atoms. The minimum Gasteiger partial charge on any atom is -0.339 e. The summed E-state index contributed by atoms with van der Waals surface area (Å²) in [6.07, 6.45) is 1.49. The number of amides is 1. The SMILES string of the molecule is CC(=O)N1CCN(c2nccc(Nc3ccc(F)c(F)c3F)n2)CC1. The van der Waals surface area contributed by atoms with E-state index in [1.54, 1.807) is 4.90 Å². The van der Waals surface area contributed by atoms with Gasteiger partial charge in [-0.2, -0.15) is 4.98 Å².